The number of aliphatic carboxylic acids is 1. The fourth-order valence-electron chi connectivity index (χ4n) is 2.14. The Hall–Kier alpha value is -1.79. The zero-order chi connectivity index (χ0) is 13.3. The van der Waals surface area contributed by atoms with E-state index in [2.05, 4.69) is 5.32 Å². The third kappa shape index (κ3) is 2.12. The van der Waals surface area contributed by atoms with Gasteiger partial charge in [-0.05, 0) is 19.3 Å². The molecule has 3 amide bonds. The molecule has 0 aromatic heterocycles. The summed E-state index contributed by atoms with van der Waals surface area (Å²) in [4.78, 5) is 37.5. The van der Waals surface area contributed by atoms with Gasteiger partial charge in [0.05, 0.1) is 0 Å². The van der Waals surface area contributed by atoms with E-state index in [4.69, 9.17) is 5.11 Å². The first-order valence-corrected chi connectivity index (χ1v) is 5.99. The summed E-state index contributed by atoms with van der Waals surface area (Å²) < 4.78 is 0. The summed E-state index contributed by atoms with van der Waals surface area (Å²) in [6, 6.07) is -0.460. The van der Waals surface area contributed by atoms with E-state index < -0.39 is 17.5 Å². The third-order valence-corrected chi connectivity index (χ3v) is 3.71. The molecule has 0 atom stereocenters. The van der Waals surface area contributed by atoms with Crippen molar-refractivity contribution < 1.29 is 19.5 Å². The summed E-state index contributed by atoms with van der Waals surface area (Å²) in [5.41, 5.74) is -1.12. The second-order valence-corrected chi connectivity index (χ2v) is 4.91. The zero-order valence-corrected chi connectivity index (χ0v) is 10.3. The van der Waals surface area contributed by atoms with Crippen LogP contribution < -0.4 is 5.32 Å². The molecule has 0 radical (unpaired) electrons. The van der Waals surface area contributed by atoms with Gasteiger partial charge in [-0.1, -0.05) is 0 Å². The van der Waals surface area contributed by atoms with Crippen LogP contribution in [-0.2, 0) is 9.59 Å². The Kier molecular flexibility index (Phi) is 3.14. The summed E-state index contributed by atoms with van der Waals surface area (Å²) in [5, 5.41) is 11.7. The van der Waals surface area contributed by atoms with Crippen molar-refractivity contribution in [1.29, 1.82) is 0 Å². The molecule has 1 saturated heterocycles. The number of urea groups is 1. The number of piperazine rings is 1. The molecule has 100 valence electrons. The highest BCUT2D eigenvalue weighted by molar-refractivity contribution is 5.89. The number of nitrogens with one attached hydrogen (secondary N) is 1. The van der Waals surface area contributed by atoms with Crippen LogP contribution in [0.25, 0.3) is 0 Å². The van der Waals surface area contributed by atoms with Crippen molar-refractivity contribution in [2.45, 2.75) is 24.8 Å². The van der Waals surface area contributed by atoms with E-state index >= 15 is 0 Å². The zero-order valence-electron chi connectivity index (χ0n) is 10.3. The van der Waals surface area contributed by atoms with Crippen LogP contribution in [0.15, 0.2) is 0 Å². The van der Waals surface area contributed by atoms with Crippen molar-refractivity contribution in [3.63, 3.8) is 0 Å². The molecule has 18 heavy (non-hydrogen) atoms. The van der Waals surface area contributed by atoms with Crippen molar-refractivity contribution in [2.75, 3.05) is 26.7 Å². The highest BCUT2D eigenvalue weighted by Crippen LogP contribution is 2.32. The summed E-state index contributed by atoms with van der Waals surface area (Å²) in [7, 11) is 1.68. The van der Waals surface area contributed by atoms with Crippen molar-refractivity contribution in [2.24, 2.45) is 0 Å². The lowest BCUT2D eigenvalue weighted by molar-refractivity contribution is -0.148. The quantitative estimate of drug-likeness (QED) is 0.694. The Labute approximate surface area is 105 Å². The van der Waals surface area contributed by atoms with Gasteiger partial charge in [0.25, 0.3) is 0 Å². The Bertz CT molecular complexity index is 392. The van der Waals surface area contributed by atoms with Crippen molar-refractivity contribution >= 4 is 17.9 Å². The van der Waals surface area contributed by atoms with Gasteiger partial charge < -0.3 is 20.2 Å². The average molecular weight is 255 g/mol. The molecule has 2 rings (SSSR count). The number of carbonyl (C=O) groups is 3. The molecule has 2 fully saturated rings. The van der Waals surface area contributed by atoms with Crippen molar-refractivity contribution in [1.82, 2.24) is 15.1 Å². The minimum absolute atomic E-state index is 0.0119. The minimum atomic E-state index is -1.12. The predicted octanol–water partition coefficient (Wildman–Crippen LogP) is -0.523. The maximum atomic E-state index is 11.9. The van der Waals surface area contributed by atoms with Gasteiger partial charge >= 0.3 is 12.0 Å². The summed E-state index contributed by atoms with van der Waals surface area (Å²) in [6.45, 7) is 0.925. The number of likely N-dealkylation sites (N-methyl/N-ethyl adjacent to an activating group) is 1. The summed E-state index contributed by atoms with van der Waals surface area (Å²) >= 11 is 0. The van der Waals surface area contributed by atoms with Crippen LogP contribution in [-0.4, -0.2) is 65.0 Å². The highest BCUT2D eigenvalue weighted by Gasteiger charge is 2.46. The third-order valence-electron chi connectivity index (χ3n) is 3.71. The van der Waals surface area contributed by atoms with Crippen LogP contribution in [0.3, 0.4) is 0 Å². The van der Waals surface area contributed by atoms with E-state index in [0.29, 0.717) is 25.9 Å². The van der Waals surface area contributed by atoms with Crippen LogP contribution in [0.4, 0.5) is 4.79 Å². The van der Waals surface area contributed by atoms with E-state index in [9.17, 15) is 14.4 Å². The first kappa shape index (κ1) is 12.7. The van der Waals surface area contributed by atoms with Gasteiger partial charge in [0, 0.05) is 20.1 Å². The number of nitrogens with zero attached hydrogens (tertiary/aromatic N) is 2. The molecule has 1 saturated carbocycles. The van der Waals surface area contributed by atoms with Gasteiger partial charge in [-0.2, -0.15) is 0 Å². The number of hydrogen-bond donors (Lipinski definition) is 2. The fraction of sp³-hybridized carbons (Fsp3) is 0.727. The number of amides is 3. The van der Waals surface area contributed by atoms with Crippen molar-refractivity contribution in [3.8, 4) is 0 Å². The molecule has 0 unspecified atom stereocenters. The number of rotatable bonds is 2. The largest absolute Gasteiger partial charge is 0.480 e. The van der Waals surface area contributed by atoms with Crippen LogP contribution in [0.2, 0.25) is 0 Å². The molecule has 2 aliphatic rings. The van der Waals surface area contributed by atoms with E-state index in [1.54, 1.807) is 11.9 Å². The first-order chi connectivity index (χ1) is 8.44. The second-order valence-electron chi connectivity index (χ2n) is 4.91. The Morgan fingerprint density at radius 2 is 2.00 bits per heavy atom. The lowest BCUT2D eigenvalue weighted by atomic mass is 9.77. The second kappa shape index (κ2) is 4.47. The highest BCUT2D eigenvalue weighted by atomic mass is 16.4. The monoisotopic (exact) mass is 255 g/mol. The van der Waals surface area contributed by atoms with E-state index in [0.717, 1.165) is 6.42 Å². The number of carboxylic acids is 1. The molecule has 7 heteroatoms. The summed E-state index contributed by atoms with van der Waals surface area (Å²) in [5.74, 6) is -1.13. The SMILES string of the molecule is CN1CCN(C(=O)NC2(C(=O)O)CCC2)CC1=O. The van der Waals surface area contributed by atoms with Gasteiger partial charge in [0.1, 0.15) is 12.1 Å². The van der Waals surface area contributed by atoms with E-state index in [-0.39, 0.29) is 12.5 Å². The van der Waals surface area contributed by atoms with Gasteiger partial charge in [-0.15, -0.1) is 0 Å². The maximum absolute atomic E-state index is 11.9. The minimum Gasteiger partial charge on any atom is -0.480 e. The normalized spacial score (nSPS) is 22.4. The molecule has 0 aromatic rings. The maximum Gasteiger partial charge on any atom is 0.329 e. The van der Waals surface area contributed by atoms with Crippen LogP contribution in [0.1, 0.15) is 19.3 Å². The lowest BCUT2D eigenvalue weighted by Gasteiger charge is -2.40. The Morgan fingerprint density at radius 1 is 1.33 bits per heavy atom. The molecule has 1 aliphatic heterocycles. The topological polar surface area (TPSA) is 89.9 Å². The summed E-state index contributed by atoms with van der Waals surface area (Å²) in [6.07, 6.45) is 1.71. The smallest absolute Gasteiger partial charge is 0.329 e. The molecule has 0 bridgehead atoms. The fourth-order valence-corrected chi connectivity index (χ4v) is 2.14. The van der Waals surface area contributed by atoms with Crippen molar-refractivity contribution in [3.05, 3.63) is 0 Å². The number of hydrogen-bond acceptors (Lipinski definition) is 3. The molecular weight excluding hydrogens is 238 g/mol. The number of carboxylic acid groups (broad SMARTS) is 1. The average Bonchev–Trinajstić information content (AvgIpc) is 2.26. The van der Waals surface area contributed by atoms with Crippen LogP contribution >= 0.6 is 0 Å². The Balaban J connectivity index is 1.96. The van der Waals surface area contributed by atoms with E-state index in [1.165, 1.54) is 4.90 Å². The van der Waals surface area contributed by atoms with E-state index in [1.807, 2.05) is 0 Å². The molecular formula is C11H17N3O4. The number of carbonyl (C=O) groups excluding carboxylic acids is 2. The lowest BCUT2D eigenvalue weighted by Crippen LogP contribution is -2.63. The molecule has 0 spiro atoms. The predicted molar refractivity (Wildman–Crippen MR) is 62.0 cm³/mol. The van der Waals surface area contributed by atoms with Crippen LogP contribution in [0, 0.1) is 0 Å². The molecule has 1 heterocycles. The molecule has 7 nitrogen and oxygen atoms in total. The van der Waals surface area contributed by atoms with Crippen LogP contribution in [0.5, 0.6) is 0 Å². The molecule has 2 N–H and O–H groups in total. The van der Waals surface area contributed by atoms with Gasteiger partial charge in [0.15, 0.2) is 0 Å². The standard InChI is InChI=1S/C11H17N3O4/c1-13-5-6-14(7-8(13)15)10(18)12-11(9(16)17)3-2-4-11/h2-7H2,1H3,(H,12,18)(H,16,17). The van der Waals surface area contributed by atoms with Gasteiger partial charge in [0.2, 0.25) is 5.91 Å². The molecule has 1 aliphatic carbocycles. The van der Waals surface area contributed by atoms with Gasteiger partial charge in [-0.25, -0.2) is 9.59 Å². The molecule has 0 aromatic carbocycles. The van der Waals surface area contributed by atoms with Gasteiger partial charge in [-0.3, -0.25) is 4.79 Å². The first-order valence-electron chi connectivity index (χ1n) is 5.99. The Morgan fingerprint density at radius 3 is 2.44 bits per heavy atom.